The normalized spacial score (nSPS) is 10.3. The van der Waals surface area contributed by atoms with Gasteiger partial charge < -0.3 is 19.9 Å². The monoisotopic (exact) mass is 270 g/mol. The van der Waals surface area contributed by atoms with Gasteiger partial charge in [-0.15, -0.1) is 0 Å². The van der Waals surface area contributed by atoms with Crippen molar-refractivity contribution in [1.29, 1.82) is 0 Å². The van der Waals surface area contributed by atoms with Crippen LogP contribution >= 0.6 is 12.2 Å². The second-order valence-corrected chi connectivity index (χ2v) is 4.00. The Morgan fingerprint density at radius 1 is 1.28 bits per heavy atom. The number of hydrogen-bond donors (Lipinski definition) is 1. The Labute approximate surface area is 112 Å². The lowest BCUT2D eigenvalue weighted by atomic mass is 10.3. The smallest absolute Gasteiger partial charge is 0.213 e. The molecule has 1 aromatic heterocycles. The van der Waals surface area contributed by atoms with Crippen LogP contribution in [0.2, 0.25) is 0 Å². The summed E-state index contributed by atoms with van der Waals surface area (Å²) >= 11 is 4.83. The molecule has 0 spiro atoms. The third kappa shape index (κ3) is 5.90. The molecule has 0 bridgehead atoms. The fourth-order valence-electron chi connectivity index (χ4n) is 1.19. The molecule has 0 aliphatic carbocycles. The van der Waals surface area contributed by atoms with Crippen molar-refractivity contribution in [2.24, 2.45) is 5.73 Å². The molecule has 6 heteroatoms. The second kappa shape index (κ2) is 8.79. The Morgan fingerprint density at radius 2 is 2.11 bits per heavy atom. The fraction of sp³-hybridized carbons (Fsp3) is 0.500. The van der Waals surface area contributed by atoms with Crippen molar-refractivity contribution in [3.05, 3.63) is 23.9 Å². The van der Waals surface area contributed by atoms with E-state index in [-0.39, 0.29) is 0 Å². The van der Waals surface area contributed by atoms with Crippen LogP contribution in [0.5, 0.6) is 5.88 Å². The molecular formula is C12H18N2O3S. The first kappa shape index (κ1) is 14.8. The Bertz CT molecular complexity index is 357. The predicted molar refractivity (Wildman–Crippen MR) is 72.9 cm³/mol. The van der Waals surface area contributed by atoms with E-state index in [1.165, 1.54) is 0 Å². The van der Waals surface area contributed by atoms with Crippen molar-refractivity contribution in [3.63, 3.8) is 0 Å². The molecule has 0 fully saturated rings. The van der Waals surface area contributed by atoms with Crippen LogP contribution in [0.4, 0.5) is 0 Å². The van der Waals surface area contributed by atoms with Crippen LogP contribution in [0.1, 0.15) is 12.0 Å². The van der Waals surface area contributed by atoms with Crippen molar-refractivity contribution >= 4 is 17.2 Å². The van der Waals surface area contributed by atoms with E-state index >= 15 is 0 Å². The van der Waals surface area contributed by atoms with Crippen LogP contribution in [0.3, 0.4) is 0 Å². The molecule has 0 radical (unpaired) electrons. The number of nitrogens with zero attached hydrogens (tertiary/aromatic N) is 1. The minimum Gasteiger partial charge on any atom is -0.478 e. The maximum atomic E-state index is 5.47. The highest BCUT2D eigenvalue weighted by Gasteiger charge is 1.99. The van der Waals surface area contributed by atoms with Crippen LogP contribution in [0.15, 0.2) is 18.3 Å². The third-order valence-corrected chi connectivity index (χ3v) is 2.37. The van der Waals surface area contributed by atoms with Crippen molar-refractivity contribution in [1.82, 2.24) is 4.98 Å². The topological polar surface area (TPSA) is 66.6 Å². The van der Waals surface area contributed by atoms with Gasteiger partial charge in [0.15, 0.2) is 0 Å². The number of rotatable bonds is 9. The number of pyridine rings is 1. The maximum Gasteiger partial charge on any atom is 0.213 e. The zero-order valence-electron chi connectivity index (χ0n) is 10.4. The third-order valence-electron chi connectivity index (χ3n) is 2.14. The molecule has 2 N–H and O–H groups in total. The number of ether oxygens (including phenoxy) is 3. The van der Waals surface area contributed by atoms with Gasteiger partial charge in [-0.25, -0.2) is 4.98 Å². The van der Waals surface area contributed by atoms with Gasteiger partial charge in [-0.2, -0.15) is 0 Å². The Morgan fingerprint density at radius 3 is 2.72 bits per heavy atom. The number of aromatic nitrogens is 1. The molecule has 0 saturated heterocycles. The van der Waals surface area contributed by atoms with Crippen molar-refractivity contribution in [3.8, 4) is 5.88 Å². The summed E-state index contributed by atoms with van der Waals surface area (Å²) in [6, 6.07) is 3.54. The Balaban J connectivity index is 2.14. The van der Waals surface area contributed by atoms with E-state index in [0.717, 1.165) is 12.0 Å². The minimum absolute atomic E-state index is 0.334. The standard InChI is InChI=1S/C12H18N2O3S/c1-15-7-8-16-5-2-6-17-11-4-3-10(9-14-11)12(13)18/h3-4,9H,2,5-8H2,1H3,(H2,13,18). The lowest BCUT2D eigenvalue weighted by Gasteiger charge is -2.06. The summed E-state index contributed by atoms with van der Waals surface area (Å²) in [5.74, 6) is 0.562. The van der Waals surface area contributed by atoms with Crippen LogP contribution < -0.4 is 10.5 Å². The fourth-order valence-corrected chi connectivity index (χ4v) is 1.31. The van der Waals surface area contributed by atoms with E-state index in [1.807, 2.05) is 0 Å². The summed E-state index contributed by atoms with van der Waals surface area (Å²) in [7, 11) is 1.65. The largest absolute Gasteiger partial charge is 0.478 e. The minimum atomic E-state index is 0.334. The average molecular weight is 270 g/mol. The van der Waals surface area contributed by atoms with Gasteiger partial charge in [0.1, 0.15) is 4.99 Å². The average Bonchev–Trinajstić information content (AvgIpc) is 2.38. The zero-order valence-corrected chi connectivity index (χ0v) is 11.2. The van der Waals surface area contributed by atoms with E-state index in [2.05, 4.69) is 4.98 Å². The molecule has 100 valence electrons. The number of thiocarbonyl (C=S) groups is 1. The van der Waals surface area contributed by atoms with Gasteiger partial charge in [0.25, 0.3) is 0 Å². The van der Waals surface area contributed by atoms with E-state index in [4.69, 9.17) is 32.2 Å². The molecule has 0 saturated carbocycles. The van der Waals surface area contributed by atoms with E-state index in [0.29, 0.717) is 37.3 Å². The highest BCUT2D eigenvalue weighted by atomic mass is 32.1. The van der Waals surface area contributed by atoms with Crippen LogP contribution in [-0.4, -0.2) is 43.5 Å². The lowest BCUT2D eigenvalue weighted by Crippen LogP contribution is -2.10. The SMILES string of the molecule is COCCOCCCOc1ccc(C(N)=S)cn1. The first-order chi connectivity index (χ1) is 8.74. The van der Waals surface area contributed by atoms with E-state index in [9.17, 15) is 0 Å². The highest BCUT2D eigenvalue weighted by Crippen LogP contribution is 2.07. The van der Waals surface area contributed by atoms with Gasteiger partial charge in [0, 0.05) is 38.0 Å². The number of methoxy groups -OCH3 is 1. The van der Waals surface area contributed by atoms with Crippen LogP contribution in [0, 0.1) is 0 Å². The highest BCUT2D eigenvalue weighted by molar-refractivity contribution is 7.80. The second-order valence-electron chi connectivity index (χ2n) is 3.56. The van der Waals surface area contributed by atoms with E-state index < -0.39 is 0 Å². The molecular weight excluding hydrogens is 252 g/mol. The van der Waals surface area contributed by atoms with Gasteiger partial charge in [-0.1, -0.05) is 12.2 Å². The number of hydrogen-bond acceptors (Lipinski definition) is 5. The predicted octanol–water partition coefficient (Wildman–Crippen LogP) is 1.15. The van der Waals surface area contributed by atoms with Gasteiger partial charge in [-0.05, 0) is 6.07 Å². The molecule has 1 rings (SSSR count). The van der Waals surface area contributed by atoms with Gasteiger partial charge in [0.2, 0.25) is 5.88 Å². The lowest BCUT2D eigenvalue weighted by molar-refractivity contribution is 0.0642. The van der Waals surface area contributed by atoms with Crippen molar-refractivity contribution in [2.75, 3.05) is 33.5 Å². The van der Waals surface area contributed by atoms with Gasteiger partial charge in [0.05, 0.1) is 19.8 Å². The Kier molecular flexibility index (Phi) is 7.24. The van der Waals surface area contributed by atoms with Gasteiger partial charge in [-0.3, -0.25) is 0 Å². The summed E-state index contributed by atoms with van der Waals surface area (Å²) in [5.41, 5.74) is 6.20. The summed E-state index contributed by atoms with van der Waals surface area (Å²) in [6.45, 7) is 2.43. The van der Waals surface area contributed by atoms with Crippen LogP contribution in [0.25, 0.3) is 0 Å². The first-order valence-electron chi connectivity index (χ1n) is 5.69. The molecule has 0 aromatic carbocycles. The van der Waals surface area contributed by atoms with Gasteiger partial charge >= 0.3 is 0 Å². The first-order valence-corrected chi connectivity index (χ1v) is 6.10. The molecule has 0 aliphatic heterocycles. The maximum absolute atomic E-state index is 5.47. The molecule has 0 amide bonds. The zero-order chi connectivity index (χ0) is 13.2. The van der Waals surface area contributed by atoms with E-state index in [1.54, 1.807) is 25.4 Å². The summed E-state index contributed by atoms with van der Waals surface area (Å²) in [4.78, 5) is 4.43. The van der Waals surface area contributed by atoms with Crippen molar-refractivity contribution < 1.29 is 14.2 Å². The molecule has 18 heavy (non-hydrogen) atoms. The summed E-state index contributed by atoms with van der Waals surface area (Å²) in [6.07, 6.45) is 2.41. The molecule has 0 unspecified atom stereocenters. The summed E-state index contributed by atoms with van der Waals surface area (Å²) in [5, 5.41) is 0. The van der Waals surface area contributed by atoms with Crippen LogP contribution in [-0.2, 0) is 9.47 Å². The quantitative estimate of drug-likeness (QED) is 0.536. The Hall–Kier alpha value is -1.24. The molecule has 5 nitrogen and oxygen atoms in total. The molecule has 1 aromatic rings. The molecule has 1 heterocycles. The summed E-state index contributed by atoms with van der Waals surface area (Å²) < 4.78 is 15.6. The molecule has 0 aliphatic rings. The molecule has 0 atom stereocenters. The van der Waals surface area contributed by atoms with Crippen molar-refractivity contribution in [2.45, 2.75) is 6.42 Å². The number of nitrogens with two attached hydrogens (primary N) is 1.